The topological polar surface area (TPSA) is 64.6 Å². The molecular weight excluding hydrogens is 261 g/mol. The maximum absolute atomic E-state index is 13.3. The van der Waals surface area contributed by atoms with Crippen LogP contribution in [0.25, 0.3) is 0 Å². The Kier molecular flexibility index (Phi) is 6.06. The van der Waals surface area contributed by atoms with Gasteiger partial charge in [0.05, 0.1) is 17.8 Å². The fourth-order valence-electron chi connectivity index (χ4n) is 1.94. The number of benzene rings is 1. The first-order valence-corrected chi connectivity index (χ1v) is 6.42. The van der Waals surface area contributed by atoms with Crippen LogP contribution in [0.15, 0.2) is 24.3 Å². The van der Waals surface area contributed by atoms with Gasteiger partial charge in [-0.05, 0) is 33.2 Å². The summed E-state index contributed by atoms with van der Waals surface area (Å²) in [6, 6.07) is 5.98. The van der Waals surface area contributed by atoms with E-state index in [1.54, 1.807) is 19.1 Å². The van der Waals surface area contributed by atoms with Gasteiger partial charge in [-0.25, -0.2) is 4.39 Å². The van der Waals surface area contributed by atoms with Crippen LogP contribution in [0.1, 0.15) is 6.92 Å². The smallest absolute Gasteiger partial charge is 0.238 e. The number of hydrogen-bond acceptors (Lipinski definition) is 4. The predicted molar refractivity (Wildman–Crippen MR) is 77.1 cm³/mol. The standard InChI is InChI=1S/C14H22FN3O2/c1-14(20,10-18(2)3)9-16-8-13(19)17-12-7-5-4-6-11(12)15/h4-7,16,20H,8-10H2,1-3H3,(H,17,19). The van der Waals surface area contributed by atoms with E-state index in [-0.39, 0.29) is 24.7 Å². The van der Waals surface area contributed by atoms with Gasteiger partial charge >= 0.3 is 0 Å². The minimum absolute atomic E-state index is 0.0118. The van der Waals surface area contributed by atoms with Crippen LogP contribution in [-0.4, -0.2) is 55.2 Å². The van der Waals surface area contributed by atoms with Crippen molar-refractivity contribution in [1.29, 1.82) is 0 Å². The van der Waals surface area contributed by atoms with Crippen LogP contribution in [-0.2, 0) is 4.79 Å². The van der Waals surface area contributed by atoms with Crippen molar-refractivity contribution in [2.45, 2.75) is 12.5 Å². The summed E-state index contributed by atoms with van der Waals surface area (Å²) in [6.07, 6.45) is 0. The summed E-state index contributed by atoms with van der Waals surface area (Å²) in [5.41, 5.74) is -0.777. The van der Waals surface area contributed by atoms with Crippen LogP contribution in [0.2, 0.25) is 0 Å². The molecule has 5 nitrogen and oxygen atoms in total. The molecule has 1 atom stereocenters. The van der Waals surface area contributed by atoms with E-state index in [9.17, 15) is 14.3 Å². The lowest BCUT2D eigenvalue weighted by Gasteiger charge is -2.27. The van der Waals surface area contributed by atoms with Gasteiger partial charge in [-0.2, -0.15) is 0 Å². The molecule has 0 saturated carbocycles. The third-order valence-electron chi connectivity index (χ3n) is 2.60. The summed E-state index contributed by atoms with van der Waals surface area (Å²) in [4.78, 5) is 13.5. The van der Waals surface area contributed by atoms with Crippen molar-refractivity contribution >= 4 is 11.6 Å². The summed E-state index contributed by atoms with van der Waals surface area (Å²) in [5, 5.41) is 15.4. The van der Waals surface area contributed by atoms with Crippen molar-refractivity contribution in [2.24, 2.45) is 0 Å². The van der Waals surface area contributed by atoms with E-state index in [1.807, 2.05) is 19.0 Å². The van der Waals surface area contributed by atoms with Crippen LogP contribution < -0.4 is 10.6 Å². The molecule has 1 aromatic carbocycles. The first kappa shape index (κ1) is 16.6. The molecule has 1 amide bonds. The second-order valence-electron chi connectivity index (χ2n) is 5.37. The van der Waals surface area contributed by atoms with Gasteiger partial charge in [-0.3, -0.25) is 4.79 Å². The highest BCUT2D eigenvalue weighted by atomic mass is 19.1. The molecule has 0 aromatic heterocycles. The number of carbonyl (C=O) groups excluding carboxylic acids is 1. The Morgan fingerprint density at radius 3 is 2.65 bits per heavy atom. The van der Waals surface area contributed by atoms with Crippen LogP contribution in [0.5, 0.6) is 0 Å². The Morgan fingerprint density at radius 1 is 1.40 bits per heavy atom. The van der Waals surface area contributed by atoms with Gasteiger partial charge in [-0.15, -0.1) is 0 Å². The highest BCUT2D eigenvalue weighted by molar-refractivity contribution is 5.92. The van der Waals surface area contributed by atoms with Gasteiger partial charge in [0.15, 0.2) is 0 Å². The first-order chi connectivity index (χ1) is 9.30. The third kappa shape index (κ3) is 6.10. The number of halogens is 1. The molecule has 0 fully saturated rings. The zero-order valence-corrected chi connectivity index (χ0v) is 12.1. The number of amides is 1. The molecule has 0 aliphatic carbocycles. The number of aliphatic hydroxyl groups is 1. The number of rotatable bonds is 7. The summed E-state index contributed by atoms with van der Waals surface area (Å²) in [6.45, 7) is 2.46. The highest BCUT2D eigenvalue weighted by Crippen LogP contribution is 2.11. The van der Waals surface area contributed by atoms with Gasteiger partial charge < -0.3 is 20.6 Å². The molecule has 1 unspecified atom stereocenters. The van der Waals surface area contributed by atoms with E-state index in [4.69, 9.17) is 0 Å². The lowest BCUT2D eigenvalue weighted by atomic mass is 10.1. The molecule has 0 aliphatic rings. The summed E-state index contributed by atoms with van der Waals surface area (Å²) in [7, 11) is 3.72. The molecule has 0 aliphatic heterocycles. The minimum atomic E-state index is -0.929. The molecule has 0 radical (unpaired) electrons. The zero-order chi connectivity index (χ0) is 15.2. The van der Waals surface area contributed by atoms with Crippen LogP contribution in [0.3, 0.4) is 0 Å². The quantitative estimate of drug-likeness (QED) is 0.688. The van der Waals surface area contributed by atoms with Gasteiger partial charge in [0.1, 0.15) is 5.82 Å². The van der Waals surface area contributed by atoms with Crippen molar-refractivity contribution in [3.8, 4) is 0 Å². The number of hydrogen-bond donors (Lipinski definition) is 3. The largest absolute Gasteiger partial charge is 0.388 e. The number of likely N-dealkylation sites (N-methyl/N-ethyl adjacent to an activating group) is 1. The number of anilines is 1. The molecule has 1 aromatic rings. The van der Waals surface area contributed by atoms with Crippen molar-refractivity contribution in [1.82, 2.24) is 10.2 Å². The van der Waals surface area contributed by atoms with E-state index in [2.05, 4.69) is 10.6 Å². The van der Waals surface area contributed by atoms with E-state index in [0.29, 0.717) is 6.54 Å². The molecule has 1 rings (SSSR count). The number of carbonyl (C=O) groups is 1. The fraction of sp³-hybridized carbons (Fsp3) is 0.500. The molecule has 0 spiro atoms. The molecular formula is C14H22FN3O2. The summed E-state index contributed by atoms with van der Waals surface area (Å²) >= 11 is 0. The fourth-order valence-corrected chi connectivity index (χ4v) is 1.94. The summed E-state index contributed by atoms with van der Waals surface area (Å²) in [5.74, 6) is -0.823. The summed E-state index contributed by atoms with van der Waals surface area (Å²) < 4.78 is 13.3. The van der Waals surface area contributed by atoms with Crippen molar-refractivity contribution in [3.05, 3.63) is 30.1 Å². The highest BCUT2D eigenvalue weighted by Gasteiger charge is 2.21. The number of para-hydroxylation sites is 1. The average Bonchev–Trinajstić information content (AvgIpc) is 2.30. The third-order valence-corrected chi connectivity index (χ3v) is 2.60. The van der Waals surface area contributed by atoms with Gasteiger partial charge in [-0.1, -0.05) is 12.1 Å². The van der Waals surface area contributed by atoms with E-state index in [0.717, 1.165) is 0 Å². The molecule has 0 bridgehead atoms. The SMILES string of the molecule is CN(C)CC(C)(O)CNCC(=O)Nc1ccccc1F. The lowest BCUT2D eigenvalue weighted by Crippen LogP contribution is -2.47. The maximum Gasteiger partial charge on any atom is 0.238 e. The molecule has 112 valence electrons. The average molecular weight is 283 g/mol. The Labute approximate surface area is 118 Å². The van der Waals surface area contributed by atoms with E-state index in [1.165, 1.54) is 12.1 Å². The monoisotopic (exact) mass is 283 g/mol. The van der Waals surface area contributed by atoms with E-state index >= 15 is 0 Å². The lowest BCUT2D eigenvalue weighted by molar-refractivity contribution is -0.115. The molecule has 0 saturated heterocycles. The Hall–Kier alpha value is -1.50. The second-order valence-corrected chi connectivity index (χ2v) is 5.37. The van der Waals surface area contributed by atoms with Crippen molar-refractivity contribution in [3.63, 3.8) is 0 Å². The van der Waals surface area contributed by atoms with Crippen LogP contribution in [0, 0.1) is 5.82 Å². The van der Waals surface area contributed by atoms with Gasteiger partial charge in [0.2, 0.25) is 5.91 Å². The first-order valence-electron chi connectivity index (χ1n) is 6.42. The normalized spacial score (nSPS) is 14.1. The van der Waals surface area contributed by atoms with Crippen molar-refractivity contribution in [2.75, 3.05) is 39.0 Å². The number of nitrogens with one attached hydrogen (secondary N) is 2. The van der Waals surface area contributed by atoms with Gasteiger partial charge in [0, 0.05) is 13.1 Å². The molecule has 0 heterocycles. The van der Waals surface area contributed by atoms with Gasteiger partial charge in [0.25, 0.3) is 0 Å². The van der Waals surface area contributed by atoms with Crippen LogP contribution in [0.4, 0.5) is 10.1 Å². The predicted octanol–water partition coefficient (Wildman–Crippen LogP) is 0.666. The molecule has 3 N–H and O–H groups in total. The van der Waals surface area contributed by atoms with E-state index < -0.39 is 11.4 Å². The Balaban J connectivity index is 2.36. The Morgan fingerprint density at radius 2 is 2.05 bits per heavy atom. The molecule has 20 heavy (non-hydrogen) atoms. The van der Waals surface area contributed by atoms with Crippen molar-refractivity contribution < 1.29 is 14.3 Å². The maximum atomic E-state index is 13.3. The Bertz CT molecular complexity index is 450. The number of nitrogens with zero attached hydrogens (tertiary/aromatic N) is 1. The molecule has 6 heteroatoms. The van der Waals surface area contributed by atoms with Crippen LogP contribution >= 0.6 is 0 Å². The second kappa shape index (κ2) is 7.33. The zero-order valence-electron chi connectivity index (χ0n) is 12.1. The minimum Gasteiger partial charge on any atom is -0.388 e.